The van der Waals surface area contributed by atoms with Gasteiger partial charge in [-0.05, 0) is 12.8 Å². The fraction of sp³-hybridized carbons (Fsp3) is 0.667. The van der Waals surface area contributed by atoms with Crippen LogP contribution in [0.5, 0.6) is 0 Å². The average Bonchev–Trinajstić information content (AvgIpc) is 2.73. The number of carbonyl (C=O) groups is 2. The standard InChI is InChI=1S/C12H18N4O3/c17-10(7-16-9-13-8-14-16)15-12(11(18)19)5-3-1-2-4-6-12/h8-9H,1-7H2,(H,15,17)(H,18,19). The summed E-state index contributed by atoms with van der Waals surface area (Å²) in [6, 6.07) is 0. The number of aromatic nitrogens is 3. The Balaban J connectivity index is 2.03. The van der Waals surface area contributed by atoms with Crippen molar-refractivity contribution in [1.29, 1.82) is 0 Å². The highest BCUT2D eigenvalue weighted by atomic mass is 16.4. The van der Waals surface area contributed by atoms with Gasteiger partial charge >= 0.3 is 5.97 Å². The van der Waals surface area contributed by atoms with E-state index in [1.54, 1.807) is 0 Å². The number of carbonyl (C=O) groups excluding carboxylic acids is 1. The van der Waals surface area contributed by atoms with Gasteiger partial charge in [-0.25, -0.2) is 14.5 Å². The van der Waals surface area contributed by atoms with Crippen molar-refractivity contribution in [3.63, 3.8) is 0 Å². The second-order valence-corrected chi connectivity index (χ2v) is 4.94. The first-order valence-corrected chi connectivity index (χ1v) is 6.49. The maximum atomic E-state index is 11.9. The van der Waals surface area contributed by atoms with Crippen LogP contribution in [0.3, 0.4) is 0 Å². The number of nitrogens with zero attached hydrogens (tertiary/aromatic N) is 3. The van der Waals surface area contributed by atoms with E-state index in [1.807, 2.05) is 0 Å². The summed E-state index contributed by atoms with van der Waals surface area (Å²) in [5.41, 5.74) is -1.12. The largest absolute Gasteiger partial charge is 0.480 e. The van der Waals surface area contributed by atoms with Crippen LogP contribution in [0.4, 0.5) is 0 Å². The van der Waals surface area contributed by atoms with Crippen LogP contribution in [-0.2, 0) is 16.1 Å². The Morgan fingerprint density at radius 3 is 2.47 bits per heavy atom. The molecule has 0 bridgehead atoms. The number of hydrogen-bond donors (Lipinski definition) is 2. The van der Waals surface area contributed by atoms with Crippen LogP contribution in [0.15, 0.2) is 12.7 Å². The molecule has 1 aliphatic rings. The zero-order valence-corrected chi connectivity index (χ0v) is 10.7. The van der Waals surface area contributed by atoms with Gasteiger partial charge in [0, 0.05) is 0 Å². The Hall–Kier alpha value is -1.92. The van der Waals surface area contributed by atoms with E-state index in [1.165, 1.54) is 17.3 Å². The average molecular weight is 266 g/mol. The molecule has 1 fully saturated rings. The molecule has 2 rings (SSSR count). The minimum atomic E-state index is -1.12. The molecular weight excluding hydrogens is 248 g/mol. The van der Waals surface area contributed by atoms with E-state index in [0.717, 1.165) is 25.7 Å². The predicted octanol–water partition coefficient (Wildman–Crippen LogP) is 0.572. The van der Waals surface area contributed by atoms with Gasteiger partial charge in [0.05, 0.1) is 0 Å². The lowest BCUT2D eigenvalue weighted by atomic mass is 9.90. The second-order valence-electron chi connectivity index (χ2n) is 4.94. The summed E-state index contributed by atoms with van der Waals surface area (Å²) in [5.74, 6) is -1.28. The number of hydrogen-bond acceptors (Lipinski definition) is 4. The molecule has 19 heavy (non-hydrogen) atoms. The van der Waals surface area contributed by atoms with Crippen LogP contribution in [0, 0.1) is 0 Å². The predicted molar refractivity (Wildman–Crippen MR) is 66.2 cm³/mol. The van der Waals surface area contributed by atoms with Crippen LogP contribution in [0.2, 0.25) is 0 Å². The zero-order valence-electron chi connectivity index (χ0n) is 10.7. The Morgan fingerprint density at radius 1 is 1.26 bits per heavy atom. The van der Waals surface area contributed by atoms with Gasteiger partial charge in [-0.3, -0.25) is 4.79 Å². The smallest absolute Gasteiger partial charge is 0.329 e. The fourth-order valence-corrected chi connectivity index (χ4v) is 2.49. The van der Waals surface area contributed by atoms with Crippen LogP contribution in [-0.4, -0.2) is 37.3 Å². The number of amides is 1. The third kappa shape index (κ3) is 3.30. The topological polar surface area (TPSA) is 97.1 Å². The Bertz CT molecular complexity index is 436. The molecule has 1 heterocycles. The molecule has 0 atom stereocenters. The maximum Gasteiger partial charge on any atom is 0.329 e. The molecule has 0 spiro atoms. The summed E-state index contributed by atoms with van der Waals surface area (Å²) < 4.78 is 1.38. The molecule has 0 saturated heterocycles. The summed E-state index contributed by atoms with van der Waals surface area (Å²) in [4.78, 5) is 27.2. The van der Waals surface area contributed by atoms with Gasteiger partial charge in [-0.15, -0.1) is 0 Å². The summed E-state index contributed by atoms with van der Waals surface area (Å²) >= 11 is 0. The van der Waals surface area contributed by atoms with Gasteiger partial charge in [-0.1, -0.05) is 25.7 Å². The van der Waals surface area contributed by atoms with E-state index < -0.39 is 11.5 Å². The lowest BCUT2D eigenvalue weighted by Gasteiger charge is -2.29. The van der Waals surface area contributed by atoms with E-state index in [4.69, 9.17) is 0 Å². The molecule has 0 unspecified atom stereocenters. The molecule has 1 saturated carbocycles. The number of rotatable bonds is 4. The molecule has 2 N–H and O–H groups in total. The fourth-order valence-electron chi connectivity index (χ4n) is 2.49. The van der Waals surface area contributed by atoms with Gasteiger partial charge in [0.25, 0.3) is 0 Å². The van der Waals surface area contributed by atoms with Gasteiger partial charge in [0.15, 0.2) is 0 Å². The van der Waals surface area contributed by atoms with Crippen molar-refractivity contribution < 1.29 is 14.7 Å². The summed E-state index contributed by atoms with van der Waals surface area (Å²) in [6.45, 7) is -0.00493. The van der Waals surface area contributed by atoms with Crippen LogP contribution in [0.1, 0.15) is 38.5 Å². The summed E-state index contributed by atoms with van der Waals surface area (Å²) in [7, 11) is 0. The molecule has 7 heteroatoms. The van der Waals surface area contributed by atoms with E-state index in [-0.39, 0.29) is 12.5 Å². The SMILES string of the molecule is O=C(Cn1cncn1)NC1(C(=O)O)CCCCCC1. The van der Waals surface area contributed by atoms with Crippen molar-refractivity contribution in [2.45, 2.75) is 50.6 Å². The molecule has 7 nitrogen and oxygen atoms in total. The lowest BCUT2D eigenvalue weighted by molar-refractivity contribution is -0.148. The molecule has 0 radical (unpaired) electrons. The Morgan fingerprint density at radius 2 is 1.95 bits per heavy atom. The lowest BCUT2D eigenvalue weighted by Crippen LogP contribution is -2.55. The van der Waals surface area contributed by atoms with Crippen molar-refractivity contribution in [3.8, 4) is 0 Å². The molecular formula is C12H18N4O3. The molecule has 1 aliphatic carbocycles. The van der Waals surface area contributed by atoms with Crippen molar-refractivity contribution in [2.24, 2.45) is 0 Å². The minimum absolute atomic E-state index is 0.00493. The van der Waals surface area contributed by atoms with Crippen molar-refractivity contribution in [1.82, 2.24) is 20.1 Å². The maximum absolute atomic E-state index is 11.9. The number of carboxylic acid groups (broad SMARTS) is 1. The highest BCUT2D eigenvalue weighted by Crippen LogP contribution is 2.27. The van der Waals surface area contributed by atoms with Gasteiger partial charge in [-0.2, -0.15) is 5.10 Å². The normalized spacial score (nSPS) is 18.5. The number of aliphatic carboxylic acids is 1. The van der Waals surface area contributed by atoms with Crippen LogP contribution in [0.25, 0.3) is 0 Å². The summed E-state index contributed by atoms with van der Waals surface area (Å²) in [5, 5.41) is 16.0. The van der Waals surface area contributed by atoms with Crippen molar-refractivity contribution in [2.75, 3.05) is 0 Å². The van der Waals surface area contributed by atoms with Crippen LogP contribution >= 0.6 is 0 Å². The molecule has 0 aromatic carbocycles. The van der Waals surface area contributed by atoms with E-state index in [9.17, 15) is 14.7 Å². The molecule has 1 aromatic rings. The Kier molecular flexibility index (Phi) is 4.13. The minimum Gasteiger partial charge on any atom is -0.480 e. The number of carboxylic acids is 1. The first-order chi connectivity index (χ1) is 9.12. The highest BCUT2D eigenvalue weighted by Gasteiger charge is 2.39. The highest BCUT2D eigenvalue weighted by molar-refractivity contribution is 5.86. The second kappa shape index (κ2) is 5.81. The third-order valence-corrected chi connectivity index (χ3v) is 3.52. The van der Waals surface area contributed by atoms with Gasteiger partial charge < -0.3 is 10.4 Å². The molecule has 0 aliphatic heterocycles. The molecule has 1 aromatic heterocycles. The van der Waals surface area contributed by atoms with E-state index in [0.29, 0.717) is 12.8 Å². The van der Waals surface area contributed by atoms with Crippen molar-refractivity contribution in [3.05, 3.63) is 12.7 Å². The summed E-state index contributed by atoms with van der Waals surface area (Å²) in [6.07, 6.45) is 7.45. The first-order valence-electron chi connectivity index (χ1n) is 6.49. The van der Waals surface area contributed by atoms with Crippen LogP contribution < -0.4 is 5.32 Å². The van der Waals surface area contributed by atoms with Gasteiger partial charge in [0.1, 0.15) is 24.7 Å². The van der Waals surface area contributed by atoms with E-state index in [2.05, 4.69) is 15.4 Å². The Labute approximate surface area is 111 Å². The van der Waals surface area contributed by atoms with Gasteiger partial charge in [0.2, 0.25) is 5.91 Å². The third-order valence-electron chi connectivity index (χ3n) is 3.52. The van der Waals surface area contributed by atoms with E-state index >= 15 is 0 Å². The molecule has 1 amide bonds. The first kappa shape index (κ1) is 13.5. The monoisotopic (exact) mass is 266 g/mol. The molecule has 104 valence electrons. The number of nitrogens with one attached hydrogen (secondary N) is 1. The quantitative estimate of drug-likeness (QED) is 0.777. The van der Waals surface area contributed by atoms with Crippen molar-refractivity contribution >= 4 is 11.9 Å². The zero-order chi connectivity index (χ0) is 13.7.